The molecule has 15 heteroatoms. The van der Waals surface area contributed by atoms with Crippen LogP contribution < -0.4 is 0 Å². The Labute approximate surface area is 228 Å². The highest BCUT2D eigenvalue weighted by Gasteiger charge is 2.67. The number of rotatable bonds is 14. The van der Waals surface area contributed by atoms with Crippen LogP contribution in [0.25, 0.3) is 0 Å². The minimum Gasteiger partial charge on any atom is -0.454 e. The average Bonchev–Trinajstić information content (AvgIpc) is 2.34. The van der Waals surface area contributed by atoms with Crippen LogP contribution in [0.5, 0.6) is 0 Å². The van der Waals surface area contributed by atoms with Gasteiger partial charge in [-0.1, -0.05) is 0 Å². The Morgan fingerprint density at radius 3 is 0.657 bits per heavy atom. The largest absolute Gasteiger partial charge is 0.454 e. The lowest BCUT2D eigenvalue weighted by Crippen LogP contribution is -2.80. The fraction of sp³-hybridized carbons (Fsp3) is 1.00. The summed E-state index contributed by atoms with van der Waals surface area (Å²) in [4.78, 5) is 0. The van der Waals surface area contributed by atoms with Gasteiger partial charge in [-0.25, -0.2) is 0 Å². The zero-order valence-electron chi connectivity index (χ0n) is 26.9. The van der Waals surface area contributed by atoms with E-state index in [1.165, 1.54) is 0 Å². The molecule has 0 spiro atoms. The summed E-state index contributed by atoms with van der Waals surface area (Å²) in [6, 6.07) is 0. The second kappa shape index (κ2) is 11.3. The van der Waals surface area contributed by atoms with Crippen molar-refractivity contribution in [1.82, 2.24) is 0 Å². The summed E-state index contributed by atoms with van der Waals surface area (Å²) >= 11 is 0. The lowest BCUT2D eigenvalue weighted by Gasteiger charge is -2.54. The van der Waals surface area contributed by atoms with Crippen LogP contribution in [-0.4, -0.2) is 73.7 Å². The number of hydrogen-bond acceptors (Lipinski definition) is 6. The maximum absolute atomic E-state index is 7.56. The predicted molar refractivity (Wildman–Crippen MR) is 176 cm³/mol. The SMILES string of the molecule is C[Si](C)(C)O[Si](C)(C)[Si](C)(O[Si](C)(C)C)O[Si](C)(O[Si](C)(C)C)[Si](C)(O[Si](C)(C)C)O[Si](C)(C)C. The maximum Gasteiger partial charge on any atom is 0.360 e. The second-order valence-corrected chi connectivity index (χ2v) is 62.0. The zero-order chi connectivity index (χ0) is 28.7. The minimum absolute atomic E-state index is 1.82. The molecule has 0 aliphatic carbocycles. The molecule has 212 valence electrons. The Morgan fingerprint density at radius 1 is 0.229 bits per heavy atom. The molecular weight excluding hydrogens is 589 g/mol. The Hall–Kier alpha value is 1.71. The van der Waals surface area contributed by atoms with E-state index in [2.05, 4.69) is 131 Å². The van der Waals surface area contributed by atoms with Crippen LogP contribution in [0.1, 0.15) is 0 Å². The van der Waals surface area contributed by atoms with Gasteiger partial charge in [-0.15, -0.1) is 0 Å². The van der Waals surface area contributed by atoms with E-state index in [9.17, 15) is 0 Å². The quantitative estimate of drug-likeness (QED) is 0.179. The monoisotopic (exact) mass is 648 g/mol. The summed E-state index contributed by atoms with van der Waals surface area (Å²) in [7, 11) is -20.9. The van der Waals surface area contributed by atoms with Crippen molar-refractivity contribution in [2.45, 2.75) is 131 Å². The lowest BCUT2D eigenvalue weighted by molar-refractivity contribution is 0.310. The van der Waals surface area contributed by atoms with E-state index in [0.717, 1.165) is 0 Å². The van der Waals surface area contributed by atoms with E-state index in [4.69, 9.17) is 24.7 Å². The first kappa shape index (κ1) is 36.7. The van der Waals surface area contributed by atoms with Crippen molar-refractivity contribution in [1.29, 1.82) is 0 Å². The van der Waals surface area contributed by atoms with E-state index in [1.807, 2.05) is 0 Å². The van der Waals surface area contributed by atoms with Crippen molar-refractivity contribution in [3.63, 3.8) is 0 Å². The number of hydrogen-bond donors (Lipinski definition) is 0. The molecule has 0 bridgehead atoms. The van der Waals surface area contributed by atoms with Crippen molar-refractivity contribution < 1.29 is 24.7 Å². The van der Waals surface area contributed by atoms with Gasteiger partial charge >= 0.3 is 24.2 Å². The van der Waals surface area contributed by atoms with Crippen molar-refractivity contribution >= 4 is 73.7 Å². The van der Waals surface area contributed by atoms with Crippen molar-refractivity contribution in [3.8, 4) is 0 Å². The van der Waals surface area contributed by atoms with Crippen LogP contribution in [0.15, 0.2) is 0 Å². The van der Waals surface area contributed by atoms with E-state index < -0.39 is 73.7 Å². The first-order valence-electron chi connectivity index (χ1n) is 12.9. The summed E-state index contributed by atoms with van der Waals surface area (Å²) in [5, 5.41) is 0. The summed E-state index contributed by atoms with van der Waals surface area (Å²) in [6.45, 7) is 45.1. The molecule has 35 heavy (non-hydrogen) atoms. The van der Waals surface area contributed by atoms with Gasteiger partial charge in [0.05, 0.1) is 0 Å². The van der Waals surface area contributed by atoms with Gasteiger partial charge in [0.2, 0.25) is 7.83 Å². The molecule has 0 rings (SSSR count). The topological polar surface area (TPSA) is 55.4 Å². The van der Waals surface area contributed by atoms with Gasteiger partial charge in [0, 0.05) is 0 Å². The molecule has 0 saturated carbocycles. The second-order valence-electron chi connectivity index (χ2n) is 15.5. The van der Waals surface area contributed by atoms with Crippen LogP contribution in [0, 0.1) is 0 Å². The van der Waals surface area contributed by atoms with E-state index >= 15 is 0 Å². The Kier molecular flexibility index (Phi) is 11.9. The van der Waals surface area contributed by atoms with E-state index in [0.29, 0.717) is 0 Å². The van der Waals surface area contributed by atoms with E-state index in [-0.39, 0.29) is 0 Å². The molecule has 0 heterocycles. The molecular formula is C20H60O6Si9. The van der Waals surface area contributed by atoms with Crippen LogP contribution >= 0.6 is 0 Å². The summed E-state index contributed by atoms with van der Waals surface area (Å²) in [6.07, 6.45) is 0. The van der Waals surface area contributed by atoms with Crippen molar-refractivity contribution in [2.24, 2.45) is 0 Å². The molecule has 0 amide bonds. The molecule has 0 aromatic carbocycles. The van der Waals surface area contributed by atoms with Crippen molar-refractivity contribution in [3.05, 3.63) is 0 Å². The van der Waals surface area contributed by atoms with Gasteiger partial charge in [0.1, 0.15) is 0 Å². The fourth-order valence-electron chi connectivity index (χ4n) is 4.25. The lowest BCUT2D eigenvalue weighted by atomic mass is 11.8. The summed E-state index contributed by atoms with van der Waals surface area (Å²) in [5.74, 6) is 0. The Balaban J connectivity index is 7.15. The molecule has 0 aliphatic rings. The molecule has 6 nitrogen and oxygen atoms in total. The molecule has 0 aromatic heterocycles. The standard InChI is InChI=1S/C20H60O6Si9/c1-27(2,3)21-32(16,17)33(18,22-28(4,5)6)26-35(20,25-31(13,14)15)34(19,23-29(7,8)9)24-30(10,11)12/h1-20H3. The Bertz CT molecular complexity index is 688. The maximum atomic E-state index is 7.56. The molecule has 0 N–H and O–H groups in total. The van der Waals surface area contributed by atoms with Gasteiger partial charge in [0.25, 0.3) is 0 Å². The van der Waals surface area contributed by atoms with Gasteiger partial charge in [-0.2, -0.15) is 0 Å². The molecule has 2 unspecified atom stereocenters. The van der Waals surface area contributed by atoms with Gasteiger partial charge in [-0.3, -0.25) is 0 Å². The van der Waals surface area contributed by atoms with Crippen LogP contribution in [0.2, 0.25) is 131 Å². The smallest absolute Gasteiger partial charge is 0.360 e. The minimum atomic E-state index is -3.02. The van der Waals surface area contributed by atoms with Crippen molar-refractivity contribution in [2.75, 3.05) is 0 Å². The third-order valence-corrected chi connectivity index (χ3v) is 50.3. The van der Waals surface area contributed by atoms with Gasteiger partial charge < -0.3 is 24.7 Å². The highest BCUT2D eigenvalue weighted by Crippen LogP contribution is 2.39. The highest BCUT2D eigenvalue weighted by atomic mass is 29.3. The molecule has 0 aliphatic heterocycles. The van der Waals surface area contributed by atoms with Gasteiger partial charge in [0.15, 0.2) is 41.6 Å². The summed E-state index contributed by atoms with van der Waals surface area (Å²) in [5.41, 5.74) is 0. The first-order chi connectivity index (χ1) is 14.7. The van der Waals surface area contributed by atoms with Crippen LogP contribution in [-0.2, 0) is 24.7 Å². The Morgan fingerprint density at radius 2 is 0.429 bits per heavy atom. The fourth-order valence-corrected chi connectivity index (χ4v) is 70.3. The zero-order valence-corrected chi connectivity index (χ0v) is 35.9. The summed E-state index contributed by atoms with van der Waals surface area (Å²) < 4.78 is 43.0. The normalized spacial score (nSPS) is 18.9. The highest BCUT2D eigenvalue weighted by molar-refractivity contribution is 7.42. The van der Waals surface area contributed by atoms with Crippen LogP contribution in [0.4, 0.5) is 0 Å². The van der Waals surface area contributed by atoms with Crippen LogP contribution in [0.3, 0.4) is 0 Å². The third kappa shape index (κ3) is 13.1. The molecule has 0 fully saturated rings. The first-order valence-corrected chi connectivity index (χ1v) is 41.8. The molecule has 0 radical (unpaired) electrons. The molecule has 0 aromatic rings. The third-order valence-electron chi connectivity index (χ3n) is 4.87. The molecule has 0 saturated heterocycles. The van der Waals surface area contributed by atoms with E-state index in [1.54, 1.807) is 0 Å². The average molecular weight is 649 g/mol. The van der Waals surface area contributed by atoms with Gasteiger partial charge in [-0.05, 0) is 131 Å². The molecule has 2 atom stereocenters. The predicted octanol–water partition coefficient (Wildman–Crippen LogP) is 7.84.